The summed E-state index contributed by atoms with van der Waals surface area (Å²) in [7, 11) is 0. The number of halogens is 1. The van der Waals surface area contributed by atoms with Gasteiger partial charge in [0.25, 0.3) is 0 Å². The van der Waals surface area contributed by atoms with Crippen LogP contribution in [0.25, 0.3) is 0 Å². The summed E-state index contributed by atoms with van der Waals surface area (Å²) in [4.78, 5) is 25.5. The van der Waals surface area contributed by atoms with Crippen molar-refractivity contribution in [2.24, 2.45) is 0 Å². The summed E-state index contributed by atoms with van der Waals surface area (Å²) in [6.07, 6.45) is 1.48. The molecular weight excluding hydrogens is 470 g/mol. The first-order chi connectivity index (χ1) is 16.3. The molecule has 0 aromatic heterocycles. The fraction of sp³-hybridized carbons (Fsp3) is 0.192. The molecule has 1 aliphatic rings. The SMILES string of the molecule is C=CCOC(=O)C1=C(C)NC(SCC(=O)Nc2ccccc2C)=C(C#N)[C@H]1c1ccc(Cl)cc1. The third-order valence-electron chi connectivity index (χ3n) is 5.17. The number of amides is 1. The molecule has 1 amide bonds. The number of hydrogen-bond donors (Lipinski definition) is 2. The minimum atomic E-state index is -0.664. The van der Waals surface area contributed by atoms with Crippen LogP contribution in [0, 0.1) is 18.3 Å². The van der Waals surface area contributed by atoms with Crippen molar-refractivity contribution in [2.75, 3.05) is 17.7 Å². The van der Waals surface area contributed by atoms with Gasteiger partial charge < -0.3 is 15.4 Å². The van der Waals surface area contributed by atoms with Crippen LogP contribution >= 0.6 is 23.4 Å². The fourth-order valence-electron chi connectivity index (χ4n) is 3.54. The third-order valence-corrected chi connectivity index (χ3v) is 6.44. The lowest BCUT2D eigenvalue weighted by atomic mass is 9.82. The summed E-state index contributed by atoms with van der Waals surface area (Å²) >= 11 is 7.26. The molecule has 0 bridgehead atoms. The molecule has 1 atom stereocenters. The van der Waals surface area contributed by atoms with Crippen LogP contribution in [0.15, 0.2) is 83.1 Å². The maximum atomic E-state index is 12.9. The van der Waals surface area contributed by atoms with E-state index in [2.05, 4.69) is 23.3 Å². The highest BCUT2D eigenvalue weighted by atomic mass is 35.5. The molecule has 2 aromatic carbocycles. The molecule has 0 unspecified atom stereocenters. The number of esters is 1. The Balaban J connectivity index is 1.90. The molecule has 1 heterocycles. The van der Waals surface area contributed by atoms with Gasteiger partial charge in [-0.15, -0.1) is 0 Å². The zero-order chi connectivity index (χ0) is 24.7. The molecule has 2 aromatic rings. The number of nitrogens with one attached hydrogen (secondary N) is 2. The van der Waals surface area contributed by atoms with Crippen molar-refractivity contribution < 1.29 is 14.3 Å². The molecule has 34 heavy (non-hydrogen) atoms. The summed E-state index contributed by atoms with van der Waals surface area (Å²) in [5.41, 5.74) is 3.62. The van der Waals surface area contributed by atoms with Crippen LogP contribution in [-0.4, -0.2) is 24.2 Å². The number of para-hydroxylation sites is 1. The van der Waals surface area contributed by atoms with E-state index in [0.29, 0.717) is 26.9 Å². The van der Waals surface area contributed by atoms with Gasteiger partial charge in [-0.3, -0.25) is 4.79 Å². The van der Waals surface area contributed by atoms with E-state index in [1.54, 1.807) is 31.2 Å². The number of anilines is 1. The maximum absolute atomic E-state index is 12.9. The average molecular weight is 494 g/mol. The van der Waals surface area contributed by atoms with Crippen LogP contribution in [0.2, 0.25) is 5.02 Å². The van der Waals surface area contributed by atoms with E-state index in [-0.39, 0.29) is 18.3 Å². The number of hydrogen-bond acceptors (Lipinski definition) is 6. The molecule has 0 fully saturated rings. The highest BCUT2D eigenvalue weighted by Crippen LogP contribution is 2.41. The van der Waals surface area contributed by atoms with Gasteiger partial charge >= 0.3 is 5.97 Å². The van der Waals surface area contributed by atoms with Crippen LogP contribution in [0.3, 0.4) is 0 Å². The molecule has 8 heteroatoms. The lowest BCUT2D eigenvalue weighted by molar-refractivity contribution is -0.138. The smallest absolute Gasteiger partial charge is 0.337 e. The number of carbonyl (C=O) groups is 2. The number of rotatable bonds is 8. The standard InChI is InChI=1S/C26H24ClN3O3S/c1-4-13-33-26(32)23-17(3)29-25(20(14-28)24(23)18-9-11-19(27)12-10-18)34-15-22(31)30-21-8-6-5-7-16(21)2/h4-12,24,29H,1,13,15H2,2-3H3,(H,30,31)/t24-/m1/s1. The zero-order valence-corrected chi connectivity index (χ0v) is 20.4. The van der Waals surface area contributed by atoms with Gasteiger partial charge in [0, 0.05) is 16.4 Å². The second-order valence-electron chi connectivity index (χ2n) is 7.54. The molecule has 6 nitrogen and oxygen atoms in total. The third kappa shape index (κ3) is 5.90. The van der Waals surface area contributed by atoms with Gasteiger partial charge in [0.1, 0.15) is 6.61 Å². The lowest BCUT2D eigenvalue weighted by Crippen LogP contribution is -2.29. The van der Waals surface area contributed by atoms with Gasteiger partial charge in [-0.25, -0.2) is 4.79 Å². The van der Waals surface area contributed by atoms with E-state index in [1.165, 1.54) is 17.8 Å². The quantitative estimate of drug-likeness (QED) is 0.375. The fourth-order valence-corrected chi connectivity index (χ4v) is 4.55. The van der Waals surface area contributed by atoms with Crippen LogP contribution < -0.4 is 10.6 Å². The number of carbonyl (C=O) groups excluding carboxylic acids is 2. The van der Waals surface area contributed by atoms with Gasteiger partial charge in [-0.2, -0.15) is 5.26 Å². The number of aryl methyl sites for hydroxylation is 1. The van der Waals surface area contributed by atoms with Gasteiger partial charge in [0.2, 0.25) is 5.91 Å². The number of benzene rings is 2. The van der Waals surface area contributed by atoms with Gasteiger partial charge in [0.15, 0.2) is 0 Å². The predicted molar refractivity (Wildman–Crippen MR) is 136 cm³/mol. The van der Waals surface area contributed by atoms with Crippen molar-refractivity contribution >= 4 is 40.9 Å². The molecule has 174 valence electrons. The van der Waals surface area contributed by atoms with E-state index >= 15 is 0 Å². The van der Waals surface area contributed by atoms with Crippen molar-refractivity contribution in [3.63, 3.8) is 0 Å². The number of dihydropyridines is 1. The van der Waals surface area contributed by atoms with Crippen molar-refractivity contribution in [2.45, 2.75) is 19.8 Å². The Bertz CT molecular complexity index is 1210. The normalized spacial score (nSPS) is 15.3. The summed E-state index contributed by atoms with van der Waals surface area (Å²) in [5.74, 6) is -1.33. The van der Waals surface area contributed by atoms with Crippen LogP contribution in [0.1, 0.15) is 24.0 Å². The maximum Gasteiger partial charge on any atom is 0.337 e. The molecule has 0 aliphatic carbocycles. The Morgan fingerprint density at radius 2 is 1.94 bits per heavy atom. The number of nitriles is 1. The van der Waals surface area contributed by atoms with Crippen LogP contribution in [0.5, 0.6) is 0 Å². The molecule has 1 aliphatic heterocycles. The van der Waals surface area contributed by atoms with Crippen LogP contribution in [-0.2, 0) is 14.3 Å². The Morgan fingerprint density at radius 3 is 2.59 bits per heavy atom. The second-order valence-corrected chi connectivity index (χ2v) is 8.96. The molecule has 2 N–H and O–H groups in total. The number of thioether (sulfide) groups is 1. The molecule has 0 spiro atoms. The van der Waals surface area contributed by atoms with Crippen LogP contribution in [0.4, 0.5) is 5.69 Å². The van der Waals surface area contributed by atoms with Gasteiger partial charge in [-0.05, 0) is 43.2 Å². The van der Waals surface area contributed by atoms with E-state index < -0.39 is 11.9 Å². The predicted octanol–water partition coefficient (Wildman–Crippen LogP) is 5.45. The second kappa shape index (κ2) is 11.6. The first kappa shape index (κ1) is 25.2. The number of allylic oxidation sites excluding steroid dienone is 2. The van der Waals surface area contributed by atoms with E-state index in [4.69, 9.17) is 16.3 Å². The Kier molecular flexibility index (Phi) is 8.58. The number of ether oxygens (including phenoxy) is 1. The Hall–Kier alpha value is -3.47. The molecular formula is C26H24ClN3O3S. The molecule has 0 saturated heterocycles. The minimum Gasteiger partial charge on any atom is -0.458 e. The molecule has 0 saturated carbocycles. The van der Waals surface area contributed by atoms with E-state index in [1.807, 2.05) is 31.2 Å². The van der Waals surface area contributed by atoms with Gasteiger partial charge in [-0.1, -0.05) is 66.3 Å². The lowest BCUT2D eigenvalue weighted by Gasteiger charge is -2.29. The van der Waals surface area contributed by atoms with Crippen molar-refractivity contribution in [3.05, 3.63) is 99.2 Å². The largest absolute Gasteiger partial charge is 0.458 e. The van der Waals surface area contributed by atoms with E-state index in [0.717, 1.165) is 16.8 Å². The minimum absolute atomic E-state index is 0.0508. The summed E-state index contributed by atoms with van der Waals surface area (Å²) < 4.78 is 5.30. The zero-order valence-electron chi connectivity index (χ0n) is 18.9. The monoisotopic (exact) mass is 493 g/mol. The van der Waals surface area contributed by atoms with E-state index in [9.17, 15) is 14.9 Å². The Morgan fingerprint density at radius 1 is 1.24 bits per heavy atom. The summed E-state index contributed by atoms with van der Waals surface area (Å²) in [5, 5.41) is 17.1. The molecule has 3 rings (SSSR count). The highest BCUT2D eigenvalue weighted by molar-refractivity contribution is 8.03. The average Bonchev–Trinajstić information content (AvgIpc) is 2.82. The Labute approximate surface area is 208 Å². The molecule has 0 radical (unpaired) electrons. The first-order valence-electron chi connectivity index (χ1n) is 10.5. The number of nitrogens with zero attached hydrogens (tertiary/aromatic N) is 1. The first-order valence-corrected chi connectivity index (χ1v) is 11.9. The van der Waals surface area contributed by atoms with Crippen molar-refractivity contribution in [3.8, 4) is 6.07 Å². The van der Waals surface area contributed by atoms with Crippen molar-refractivity contribution in [1.29, 1.82) is 5.26 Å². The topological polar surface area (TPSA) is 91.2 Å². The summed E-state index contributed by atoms with van der Waals surface area (Å²) in [6.45, 7) is 7.29. The highest BCUT2D eigenvalue weighted by Gasteiger charge is 2.35. The van der Waals surface area contributed by atoms with Crippen molar-refractivity contribution in [1.82, 2.24) is 5.32 Å². The van der Waals surface area contributed by atoms with Gasteiger partial charge in [0.05, 0.1) is 33.9 Å². The summed E-state index contributed by atoms with van der Waals surface area (Å²) in [6, 6.07) is 16.7.